The first-order valence-electron chi connectivity index (χ1n) is 8.74. The Morgan fingerprint density at radius 3 is 2.48 bits per heavy atom. The molecule has 1 aromatic carbocycles. The minimum atomic E-state index is 0.0465. The first-order valence-corrected chi connectivity index (χ1v) is 8.74. The van der Waals surface area contributed by atoms with Gasteiger partial charge in [0, 0.05) is 18.0 Å². The van der Waals surface area contributed by atoms with E-state index in [1.54, 1.807) is 35.6 Å². The predicted molar refractivity (Wildman–Crippen MR) is 116 cm³/mol. The Morgan fingerprint density at radius 1 is 1.21 bits per heavy atom. The number of benzene rings is 1. The van der Waals surface area contributed by atoms with E-state index in [9.17, 15) is 10.4 Å². The minimum Gasteiger partial charge on any atom is -0.508 e. The Morgan fingerprint density at radius 2 is 1.90 bits per heavy atom. The molecule has 0 spiro atoms. The summed E-state index contributed by atoms with van der Waals surface area (Å²) in [5, 5.41) is 37.4. The van der Waals surface area contributed by atoms with Crippen molar-refractivity contribution in [3.05, 3.63) is 84.4 Å². The number of hydrogen-bond acceptors (Lipinski definition) is 6. The Balaban J connectivity index is 2.51. The summed E-state index contributed by atoms with van der Waals surface area (Å²) in [4.78, 5) is 4.02. The van der Waals surface area contributed by atoms with E-state index in [1.165, 1.54) is 17.2 Å². The fraction of sp³-hybridized carbons (Fsp3) is 0.0909. The average molecular weight is 386 g/mol. The van der Waals surface area contributed by atoms with Gasteiger partial charge in [0.15, 0.2) is 0 Å². The van der Waals surface area contributed by atoms with Crippen molar-refractivity contribution in [3.63, 3.8) is 0 Å². The number of pyridine rings is 1. The number of allylic oxidation sites excluding steroid dienone is 3. The van der Waals surface area contributed by atoms with Gasteiger partial charge in [-0.05, 0) is 55.0 Å². The average Bonchev–Trinajstić information content (AvgIpc) is 2.77. The standard InChI is InChI=1S/C22H22N6O/c1-3-21(29)7-4-17(2)14-28(27(15-24)16-25)20-6-5-19(13-23)22(12-20)18-8-10-26-11-9-18/h3-12,15-16,24-25,29H,1,14H2,2H3/b17-4+,21-7+,24-15?,25-16?. The van der Waals surface area contributed by atoms with Crippen molar-refractivity contribution in [3.8, 4) is 17.2 Å². The second kappa shape index (κ2) is 10.2. The molecule has 0 atom stereocenters. The minimum absolute atomic E-state index is 0.0465. The SMILES string of the molecule is C=C/C(O)=C\C=C(/C)CN(c1ccc(C#N)c(-c2ccncc2)c1)N(C=N)C=N. The van der Waals surface area contributed by atoms with Gasteiger partial charge < -0.3 is 5.11 Å². The highest BCUT2D eigenvalue weighted by molar-refractivity contribution is 5.79. The third kappa shape index (κ3) is 5.40. The van der Waals surface area contributed by atoms with Crippen LogP contribution < -0.4 is 5.01 Å². The van der Waals surface area contributed by atoms with Crippen molar-refractivity contribution in [2.45, 2.75) is 6.92 Å². The van der Waals surface area contributed by atoms with Crippen LogP contribution in [0.5, 0.6) is 0 Å². The smallest absolute Gasteiger partial charge is 0.114 e. The second-order valence-electron chi connectivity index (χ2n) is 6.08. The zero-order valence-corrected chi connectivity index (χ0v) is 16.1. The molecule has 7 heteroatoms. The molecule has 0 aliphatic carbocycles. The Hall–Kier alpha value is -4.18. The monoisotopic (exact) mass is 386 g/mol. The number of aliphatic hydroxyl groups excluding tert-OH is 1. The summed E-state index contributed by atoms with van der Waals surface area (Å²) in [6.45, 7) is 5.73. The quantitative estimate of drug-likeness (QED) is 0.194. The van der Waals surface area contributed by atoms with Crippen LogP contribution in [0.4, 0.5) is 5.69 Å². The third-order valence-corrected chi connectivity index (χ3v) is 4.10. The van der Waals surface area contributed by atoms with Gasteiger partial charge in [0.1, 0.15) is 18.4 Å². The van der Waals surface area contributed by atoms with Gasteiger partial charge in [-0.25, -0.2) is 5.01 Å². The van der Waals surface area contributed by atoms with E-state index >= 15 is 0 Å². The number of aliphatic hydroxyl groups is 1. The molecule has 0 unspecified atom stereocenters. The van der Waals surface area contributed by atoms with Crippen molar-refractivity contribution in [2.75, 3.05) is 11.6 Å². The number of hydrogen-bond donors (Lipinski definition) is 3. The molecule has 0 amide bonds. The highest BCUT2D eigenvalue weighted by atomic mass is 16.3. The first kappa shape index (κ1) is 21.1. The number of rotatable bonds is 9. The molecule has 0 fully saturated rings. The Kier molecular flexibility index (Phi) is 7.45. The van der Waals surface area contributed by atoms with Gasteiger partial charge in [-0.2, -0.15) is 5.26 Å². The maximum atomic E-state index is 9.55. The van der Waals surface area contributed by atoms with Gasteiger partial charge in [0.05, 0.1) is 23.9 Å². The number of hydrazine groups is 1. The summed E-state index contributed by atoms with van der Waals surface area (Å²) in [6, 6.07) is 11.2. The molecule has 29 heavy (non-hydrogen) atoms. The van der Waals surface area contributed by atoms with E-state index in [-0.39, 0.29) is 5.76 Å². The Labute approximate surface area is 170 Å². The molecular formula is C22H22N6O. The molecule has 0 saturated heterocycles. The summed E-state index contributed by atoms with van der Waals surface area (Å²) in [5.41, 5.74) is 3.68. The predicted octanol–water partition coefficient (Wildman–Crippen LogP) is 4.43. The molecule has 146 valence electrons. The summed E-state index contributed by atoms with van der Waals surface area (Å²) >= 11 is 0. The lowest BCUT2D eigenvalue weighted by Gasteiger charge is -2.32. The topological polar surface area (TPSA) is 111 Å². The van der Waals surface area contributed by atoms with Crippen LogP contribution >= 0.6 is 0 Å². The Bertz CT molecular complexity index is 980. The van der Waals surface area contributed by atoms with Gasteiger partial charge in [-0.15, -0.1) is 0 Å². The lowest BCUT2D eigenvalue weighted by atomic mass is 10.0. The van der Waals surface area contributed by atoms with Gasteiger partial charge in [0.25, 0.3) is 0 Å². The number of nitriles is 1. The van der Waals surface area contributed by atoms with E-state index in [4.69, 9.17) is 10.8 Å². The van der Waals surface area contributed by atoms with Gasteiger partial charge in [0.2, 0.25) is 0 Å². The molecule has 0 radical (unpaired) electrons. The van der Waals surface area contributed by atoms with Crippen LogP contribution in [0.2, 0.25) is 0 Å². The summed E-state index contributed by atoms with van der Waals surface area (Å²) in [6.07, 6.45) is 9.99. The number of aromatic nitrogens is 1. The van der Waals surface area contributed by atoms with Crippen LogP contribution in [-0.2, 0) is 0 Å². The van der Waals surface area contributed by atoms with Gasteiger partial charge >= 0.3 is 0 Å². The maximum absolute atomic E-state index is 9.55. The molecule has 7 nitrogen and oxygen atoms in total. The number of nitrogens with one attached hydrogen (secondary N) is 2. The van der Waals surface area contributed by atoms with Crippen LogP contribution in [0.25, 0.3) is 11.1 Å². The van der Waals surface area contributed by atoms with E-state index in [0.29, 0.717) is 17.8 Å². The van der Waals surface area contributed by atoms with Crippen molar-refractivity contribution in [2.24, 2.45) is 0 Å². The molecule has 1 heterocycles. The zero-order valence-electron chi connectivity index (χ0n) is 16.1. The van der Waals surface area contributed by atoms with E-state index in [1.807, 2.05) is 25.1 Å². The van der Waals surface area contributed by atoms with E-state index < -0.39 is 0 Å². The first-order chi connectivity index (χ1) is 14.0. The van der Waals surface area contributed by atoms with Crippen LogP contribution in [-0.4, -0.2) is 34.3 Å². The summed E-state index contributed by atoms with van der Waals surface area (Å²) in [5.74, 6) is 0.0465. The van der Waals surface area contributed by atoms with Crippen molar-refractivity contribution >= 4 is 18.4 Å². The van der Waals surface area contributed by atoms with Crippen LogP contribution in [0.3, 0.4) is 0 Å². The molecule has 3 N–H and O–H groups in total. The van der Waals surface area contributed by atoms with Crippen molar-refractivity contribution in [1.29, 1.82) is 16.1 Å². The molecule has 0 aliphatic heterocycles. The molecule has 0 aliphatic rings. The number of nitrogens with zero attached hydrogens (tertiary/aromatic N) is 4. The van der Waals surface area contributed by atoms with Gasteiger partial charge in [-0.3, -0.25) is 20.8 Å². The summed E-state index contributed by atoms with van der Waals surface area (Å²) < 4.78 is 0. The largest absolute Gasteiger partial charge is 0.508 e. The third-order valence-electron chi connectivity index (χ3n) is 4.10. The fourth-order valence-electron chi connectivity index (χ4n) is 2.63. The summed E-state index contributed by atoms with van der Waals surface area (Å²) in [7, 11) is 0. The molecule has 2 aromatic rings. The molecule has 2 rings (SSSR count). The zero-order chi connectivity index (χ0) is 21.2. The number of anilines is 1. The van der Waals surface area contributed by atoms with E-state index in [0.717, 1.165) is 29.4 Å². The molecule has 1 aromatic heterocycles. The maximum Gasteiger partial charge on any atom is 0.114 e. The fourth-order valence-corrected chi connectivity index (χ4v) is 2.63. The van der Waals surface area contributed by atoms with Crippen LogP contribution in [0.15, 0.2) is 78.9 Å². The second-order valence-corrected chi connectivity index (χ2v) is 6.08. The van der Waals surface area contributed by atoms with Gasteiger partial charge in [-0.1, -0.05) is 18.2 Å². The highest BCUT2D eigenvalue weighted by Crippen LogP contribution is 2.29. The normalized spacial score (nSPS) is 11.3. The van der Waals surface area contributed by atoms with Crippen molar-refractivity contribution in [1.82, 2.24) is 9.99 Å². The molecule has 0 saturated carbocycles. The lowest BCUT2D eigenvalue weighted by molar-refractivity contribution is 0.433. The van der Waals surface area contributed by atoms with Crippen molar-refractivity contribution < 1.29 is 5.11 Å². The molecule has 0 bridgehead atoms. The molecular weight excluding hydrogens is 364 g/mol. The van der Waals surface area contributed by atoms with Crippen LogP contribution in [0.1, 0.15) is 12.5 Å². The lowest BCUT2D eigenvalue weighted by Crippen LogP contribution is -2.41. The van der Waals surface area contributed by atoms with E-state index in [2.05, 4.69) is 17.6 Å². The van der Waals surface area contributed by atoms with Crippen LogP contribution in [0, 0.1) is 22.1 Å². The highest BCUT2D eigenvalue weighted by Gasteiger charge is 2.15.